The minimum Gasteiger partial charge on any atom is -0.426 e. The van der Waals surface area contributed by atoms with Crippen molar-refractivity contribution >= 4 is 11.8 Å². The number of nitrogens with two attached hydrogens (primary N) is 2. The van der Waals surface area contributed by atoms with Crippen LogP contribution in [0.1, 0.15) is 18.9 Å². The van der Waals surface area contributed by atoms with Gasteiger partial charge in [-0.15, -0.1) is 0 Å². The van der Waals surface area contributed by atoms with Crippen LogP contribution in [0.25, 0.3) is 0 Å². The molecule has 0 fully saturated rings. The Hall–Kier alpha value is -1.12. The van der Waals surface area contributed by atoms with Gasteiger partial charge in [0.05, 0.1) is 0 Å². The van der Waals surface area contributed by atoms with Gasteiger partial charge in [0.1, 0.15) is 0 Å². The van der Waals surface area contributed by atoms with Crippen LogP contribution < -0.4 is 11.5 Å². The Bertz CT molecular complexity index is 217. The summed E-state index contributed by atoms with van der Waals surface area (Å²) in [5, 5.41) is 0. The van der Waals surface area contributed by atoms with E-state index < -0.39 is 0 Å². The van der Waals surface area contributed by atoms with Crippen LogP contribution in [0.15, 0.2) is 10.5 Å². The maximum atomic E-state index is 5.48. The molecule has 10 heavy (non-hydrogen) atoms. The number of hydrogen-bond donors (Lipinski definition) is 2. The number of hydrogen-bond acceptors (Lipinski definition) is 3. The minimum atomic E-state index is 0.404. The van der Waals surface area contributed by atoms with E-state index in [1.807, 2.05) is 0 Å². The highest BCUT2D eigenvalue weighted by molar-refractivity contribution is 5.45. The van der Waals surface area contributed by atoms with Crippen molar-refractivity contribution < 1.29 is 4.42 Å². The van der Waals surface area contributed by atoms with Gasteiger partial charge in [-0.3, -0.25) is 0 Å². The second-order valence-electron chi connectivity index (χ2n) is 2.29. The molecule has 0 bridgehead atoms. The zero-order valence-electron chi connectivity index (χ0n) is 6.05. The second kappa shape index (κ2) is 2.64. The normalized spacial score (nSPS) is 10.1. The molecular weight excluding hydrogens is 128 g/mol. The molecule has 0 unspecified atom stereocenters. The van der Waals surface area contributed by atoms with Gasteiger partial charge in [-0.25, -0.2) is 0 Å². The average molecular weight is 140 g/mol. The topological polar surface area (TPSA) is 65.2 Å². The molecule has 1 heterocycles. The van der Waals surface area contributed by atoms with E-state index in [-0.39, 0.29) is 0 Å². The Morgan fingerprint density at radius 3 is 2.60 bits per heavy atom. The first-order chi connectivity index (χ1) is 4.74. The summed E-state index contributed by atoms with van der Waals surface area (Å²) in [5.74, 6) is 0.861. The van der Waals surface area contributed by atoms with Gasteiger partial charge in [0.2, 0.25) is 0 Å². The van der Waals surface area contributed by atoms with Crippen LogP contribution in [0, 0.1) is 0 Å². The van der Waals surface area contributed by atoms with Crippen LogP contribution in [-0.2, 0) is 6.42 Å². The molecule has 1 rings (SSSR count). The zero-order valence-corrected chi connectivity index (χ0v) is 6.05. The maximum Gasteiger partial charge on any atom is 0.196 e. The fourth-order valence-corrected chi connectivity index (χ4v) is 0.930. The first kappa shape index (κ1) is 6.99. The fourth-order valence-electron chi connectivity index (χ4n) is 0.930. The van der Waals surface area contributed by atoms with E-state index in [0.29, 0.717) is 11.8 Å². The summed E-state index contributed by atoms with van der Waals surface area (Å²) in [5.41, 5.74) is 11.9. The first-order valence-electron chi connectivity index (χ1n) is 3.37. The van der Waals surface area contributed by atoms with Crippen molar-refractivity contribution in [1.29, 1.82) is 0 Å². The van der Waals surface area contributed by atoms with E-state index in [2.05, 4.69) is 6.92 Å². The third-order valence-electron chi connectivity index (χ3n) is 1.38. The van der Waals surface area contributed by atoms with E-state index >= 15 is 0 Å². The van der Waals surface area contributed by atoms with E-state index in [0.717, 1.165) is 18.4 Å². The summed E-state index contributed by atoms with van der Waals surface area (Å²) >= 11 is 0. The monoisotopic (exact) mass is 140 g/mol. The molecule has 3 heteroatoms. The molecule has 1 aromatic rings. The SMILES string of the molecule is CCCc1cc(N)oc1N. The zero-order chi connectivity index (χ0) is 7.56. The Kier molecular flexibility index (Phi) is 1.85. The Labute approximate surface area is 60.0 Å². The van der Waals surface area contributed by atoms with E-state index in [9.17, 15) is 0 Å². The van der Waals surface area contributed by atoms with Crippen LogP contribution in [0.4, 0.5) is 11.8 Å². The highest BCUT2D eigenvalue weighted by Gasteiger charge is 2.03. The third kappa shape index (κ3) is 1.23. The minimum absolute atomic E-state index is 0.404. The van der Waals surface area contributed by atoms with Gasteiger partial charge in [-0.05, 0) is 6.42 Å². The highest BCUT2D eigenvalue weighted by Crippen LogP contribution is 2.20. The number of furan rings is 1. The Morgan fingerprint density at radius 2 is 2.20 bits per heavy atom. The van der Waals surface area contributed by atoms with Crippen LogP contribution in [-0.4, -0.2) is 0 Å². The number of aryl methyl sites for hydroxylation is 1. The van der Waals surface area contributed by atoms with Crippen molar-refractivity contribution in [3.8, 4) is 0 Å². The summed E-state index contributed by atoms with van der Waals surface area (Å²) in [6, 6.07) is 1.78. The van der Waals surface area contributed by atoms with Gasteiger partial charge < -0.3 is 15.9 Å². The van der Waals surface area contributed by atoms with Crippen molar-refractivity contribution in [2.45, 2.75) is 19.8 Å². The average Bonchev–Trinajstić information content (AvgIpc) is 2.13. The lowest BCUT2D eigenvalue weighted by atomic mass is 10.2. The van der Waals surface area contributed by atoms with E-state index in [1.54, 1.807) is 6.07 Å². The molecule has 56 valence electrons. The second-order valence-corrected chi connectivity index (χ2v) is 2.29. The maximum absolute atomic E-state index is 5.48. The van der Waals surface area contributed by atoms with Crippen LogP contribution in [0.2, 0.25) is 0 Å². The standard InChI is InChI=1S/C7H12N2O/c1-2-3-5-4-6(8)10-7(5)9/h4H,2-3,8-9H2,1H3. The predicted octanol–water partition coefficient (Wildman–Crippen LogP) is 1.40. The molecular formula is C7H12N2O. The molecule has 0 spiro atoms. The van der Waals surface area contributed by atoms with Crippen molar-refractivity contribution in [3.05, 3.63) is 11.6 Å². The van der Waals surface area contributed by atoms with Gasteiger partial charge in [0.25, 0.3) is 0 Å². The summed E-state index contributed by atoms with van der Waals surface area (Å²) in [7, 11) is 0. The van der Waals surface area contributed by atoms with Crippen molar-refractivity contribution in [3.63, 3.8) is 0 Å². The van der Waals surface area contributed by atoms with E-state index in [1.165, 1.54) is 0 Å². The molecule has 0 aliphatic rings. The fraction of sp³-hybridized carbons (Fsp3) is 0.429. The smallest absolute Gasteiger partial charge is 0.196 e. The van der Waals surface area contributed by atoms with E-state index in [4.69, 9.17) is 15.9 Å². The predicted molar refractivity (Wildman–Crippen MR) is 41.5 cm³/mol. The third-order valence-corrected chi connectivity index (χ3v) is 1.38. The van der Waals surface area contributed by atoms with Crippen LogP contribution in [0.3, 0.4) is 0 Å². The summed E-state index contributed by atoms with van der Waals surface area (Å²) in [6.07, 6.45) is 2.00. The summed E-state index contributed by atoms with van der Waals surface area (Å²) in [6.45, 7) is 2.09. The quantitative estimate of drug-likeness (QED) is 0.652. The van der Waals surface area contributed by atoms with Gasteiger partial charge in [0, 0.05) is 11.6 Å². The van der Waals surface area contributed by atoms with Crippen LogP contribution >= 0.6 is 0 Å². The molecule has 0 aromatic carbocycles. The Balaban J connectivity index is 2.81. The molecule has 0 radical (unpaired) electrons. The van der Waals surface area contributed by atoms with Crippen LogP contribution in [0.5, 0.6) is 0 Å². The first-order valence-corrected chi connectivity index (χ1v) is 3.37. The van der Waals surface area contributed by atoms with Crippen molar-refractivity contribution in [2.24, 2.45) is 0 Å². The van der Waals surface area contributed by atoms with Gasteiger partial charge in [-0.1, -0.05) is 13.3 Å². The lowest BCUT2D eigenvalue weighted by molar-refractivity contribution is 0.604. The lowest BCUT2D eigenvalue weighted by Crippen LogP contribution is -1.87. The molecule has 0 aliphatic carbocycles. The molecule has 3 nitrogen and oxygen atoms in total. The van der Waals surface area contributed by atoms with Gasteiger partial charge >= 0.3 is 0 Å². The number of nitrogen functional groups attached to an aromatic ring is 2. The molecule has 0 amide bonds. The molecule has 0 atom stereocenters. The molecule has 0 saturated carbocycles. The van der Waals surface area contributed by atoms with Crippen molar-refractivity contribution in [2.75, 3.05) is 11.5 Å². The number of rotatable bonds is 2. The molecule has 4 N–H and O–H groups in total. The van der Waals surface area contributed by atoms with Gasteiger partial charge in [-0.2, -0.15) is 0 Å². The van der Waals surface area contributed by atoms with Gasteiger partial charge in [0.15, 0.2) is 11.8 Å². The molecule has 0 aliphatic heterocycles. The summed E-state index contributed by atoms with van der Waals surface area (Å²) in [4.78, 5) is 0. The highest BCUT2D eigenvalue weighted by atomic mass is 16.4. The Morgan fingerprint density at radius 1 is 1.50 bits per heavy atom. The molecule has 0 saturated heterocycles. The summed E-state index contributed by atoms with van der Waals surface area (Å²) < 4.78 is 4.92. The van der Waals surface area contributed by atoms with Crippen molar-refractivity contribution in [1.82, 2.24) is 0 Å². The lowest BCUT2D eigenvalue weighted by Gasteiger charge is -1.90. The largest absolute Gasteiger partial charge is 0.426 e. The molecule has 1 aromatic heterocycles. The number of anilines is 2.